The third kappa shape index (κ3) is 1.67. The minimum Gasteiger partial charge on any atom is -0.357 e. The quantitative estimate of drug-likeness (QED) is 0.692. The number of para-hydroxylation sites is 1. The molecule has 2 N–H and O–H groups in total. The van der Waals surface area contributed by atoms with Gasteiger partial charge >= 0.3 is 0 Å². The van der Waals surface area contributed by atoms with E-state index < -0.39 is 0 Å². The molecule has 0 amide bonds. The van der Waals surface area contributed by atoms with Crippen LogP contribution in [-0.4, -0.2) is 11.5 Å². The van der Waals surface area contributed by atoms with Crippen molar-refractivity contribution in [2.75, 3.05) is 6.54 Å². The average Bonchev–Trinajstić information content (AvgIpc) is 2.86. The highest BCUT2D eigenvalue weighted by molar-refractivity contribution is 5.85. The second-order valence-electron chi connectivity index (χ2n) is 5.22. The van der Waals surface area contributed by atoms with E-state index in [1.807, 2.05) is 18.2 Å². The van der Waals surface area contributed by atoms with E-state index in [4.69, 9.17) is 0 Å². The Morgan fingerprint density at radius 3 is 2.70 bits per heavy atom. The minimum absolute atomic E-state index is 0.0904. The number of benzene rings is 2. The lowest BCUT2D eigenvalue weighted by molar-refractivity contribution is 0.523. The van der Waals surface area contributed by atoms with Crippen molar-refractivity contribution in [2.24, 2.45) is 0 Å². The number of aromatic nitrogens is 1. The number of halogens is 1. The van der Waals surface area contributed by atoms with Crippen molar-refractivity contribution in [3.05, 3.63) is 71.2 Å². The third-order valence-electron chi connectivity index (χ3n) is 4.08. The monoisotopic (exact) mass is 266 g/mol. The number of hydrogen-bond acceptors (Lipinski definition) is 1. The molecule has 20 heavy (non-hydrogen) atoms. The summed E-state index contributed by atoms with van der Waals surface area (Å²) in [5, 5.41) is 4.68. The van der Waals surface area contributed by atoms with E-state index in [1.54, 1.807) is 6.07 Å². The van der Waals surface area contributed by atoms with Crippen molar-refractivity contribution >= 4 is 10.9 Å². The van der Waals surface area contributed by atoms with E-state index in [9.17, 15) is 4.39 Å². The van der Waals surface area contributed by atoms with E-state index >= 15 is 0 Å². The van der Waals surface area contributed by atoms with E-state index in [2.05, 4.69) is 28.5 Å². The fourth-order valence-electron chi connectivity index (χ4n) is 3.15. The lowest BCUT2D eigenvalue weighted by atomic mass is 9.94. The van der Waals surface area contributed by atoms with Gasteiger partial charge in [0.1, 0.15) is 5.82 Å². The van der Waals surface area contributed by atoms with Gasteiger partial charge in [-0.15, -0.1) is 0 Å². The molecule has 3 aromatic rings. The van der Waals surface area contributed by atoms with Gasteiger partial charge in [0, 0.05) is 28.7 Å². The molecule has 1 aliphatic heterocycles. The Hall–Kier alpha value is -2.13. The van der Waals surface area contributed by atoms with Crippen LogP contribution in [0.25, 0.3) is 10.9 Å². The van der Waals surface area contributed by atoms with Crippen molar-refractivity contribution in [2.45, 2.75) is 12.5 Å². The van der Waals surface area contributed by atoms with Gasteiger partial charge in [-0.05, 0) is 24.1 Å². The minimum atomic E-state index is -0.156. The summed E-state index contributed by atoms with van der Waals surface area (Å²) in [5.41, 5.74) is 4.25. The normalized spacial score (nSPS) is 18.1. The SMILES string of the molecule is Fc1ccccc1[C@@H]1NCCc2c1[nH]c1ccccc21. The Morgan fingerprint density at radius 1 is 1.00 bits per heavy atom. The predicted octanol–water partition coefficient (Wildman–Crippen LogP) is 3.54. The van der Waals surface area contributed by atoms with E-state index in [0.717, 1.165) is 24.2 Å². The summed E-state index contributed by atoms with van der Waals surface area (Å²) < 4.78 is 14.1. The molecule has 0 radical (unpaired) electrons. The molecule has 0 saturated heterocycles. The Labute approximate surface area is 116 Å². The summed E-state index contributed by atoms with van der Waals surface area (Å²) in [6.07, 6.45) is 0.976. The van der Waals surface area contributed by atoms with Crippen LogP contribution in [-0.2, 0) is 6.42 Å². The van der Waals surface area contributed by atoms with Gasteiger partial charge in [-0.25, -0.2) is 4.39 Å². The highest BCUT2D eigenvalue weighted by Crippen LogP contribution is 2.34. The molecule has 2 aromatic carbocycles. The van der Waals surface area contributed by atoms with E-state index in [1.165, 1.54) is 17.0 Å². The number of aromatic amines is 1. The first-order valence-electron chi connectivity index (χ1n) is 6.92. The standard InChI is InChI=1S/C17H15FN2/c18-14-7-3-1-6-13(14)16-17-12(9-10-19-16)11-5-2-4-8-15(11)20-17/h1-8,16,19-20H,9-10H2/t16-/m0/s1. The van der Waals surface area contributed by atoms with Gasteiger partial charge in [0.05, 0.1) is 6.04 Å². The first kappa shape index (κ1) is 11.7. The zero-order valence-corrected chi connectivity index (χ0v) is 11.0. The topological polar surface area (TPSA) is 27.8 Å². The molecule has 0 fully saturated rings. The van der Waals surface area contributed by atoms with Gasteiger partial charge < -0.3 is 10.3 Å². The fourth-order valence-corrected chi connectivity index (χ4v) is 3.15. The lowest BCUT2D eigenvalue weighted by Gasteiger charge is -2.25. The van der Waals surface area contributed by atoms with Gasteiger partial charge in [-0.1, -0.05) is 36.4 Å². The second kappa shape index (κ2) is 4.46. The number of hydrogen-bond donors (Lipinski definition) is 2. The van der Waals surface area contributed by atoms with Crippen LogP contribution in [0.3, 0.4) is 0 Å². The van der Waals surface area contributed by atoms with Crippen molar-refractivity contribution in [1.29, 1.82) is 0 Å². The van der Waals surface area contributed by atoms with Crippen LogP contribution < -0.4 is 5.32 Å². The summed E-state index contributed by atoms with van der Waals surface area (Å²) >= 11 is 0. The Morgan fingerprint density at radius 2 is 1.80 bits per heavy atom. The molecule has 100 valence electrons. The summed E-state index contributed by atoms with van der Waals surface area (Å²) in [6, 6.07) is 15.2. The Kier molecular flexibility index (Phi) is 2.60. The summed E-state index contributed by atoms with van der Waals surface area (Å²) in [7, 11) is 0. The van der Waals surface area contributed by atoms with Gasteiger partial charge in [-0.3, -0.25) is 0 Å². The fraction of sp³-hybridized carbons (Fsp3) is 0.176. The van der Waals surface area contributed by atoms with Crippen LogP contribution in [0, 0.1) is 5.82 Å². The average molecular weight is 266 g/mol. The predicted molar refractivity (Wildman–Crippen MR) is 78.2 cm³/mol. The van der Waals surface area contributed by atoms with E-state index in [-0.39, 0.29) is 11.9 Å². The molecule has 2 nitrogen and oxygen atoms in total. The molecule has 1 aromatic heterocycles. The van der Waals surface area contributed by atoms with Crippen LogP contribution in [0.15, 0.2) is 48.5 Å². The van der Waals surface area contributed by atoms with Crippen molar-refractivity contribution in [1.82, 2.24) is 10.3 Å². The number of nitrogens with one attached hydrogen (secondary N) is 2. The number of fused-ring (bicyclic) bond motifs is 3. The van der Waals surface area contributed by atoms with Crippen molar-refractivity contribution in [3.8, 4) is 0 Å². The van der Waals surface area contributed by atoms with Gasteiger partial charge in [0.25, 0.3) is 0 Å². The van der Waals surface area contributed by atoms with E-state index in [0.29, 0.717) is 5.56 Å². The summed E-state index contributed by atoms with van der Waals surface area (Å²) in [4.78, 5) is 3.46. The maximum atomic E-state index is 14.1. The summed E-state index contributed by atoms with van der Waals surface area (Å²) in [5.74, 6) is -0.156. The lowest BCUT2D eigenvalue weighted by Crippen LogP contribution is -2.31. The van der Waals surface area contributed by atoms with Crippen LogP contribution in [0.2, 0.25) is 0 Å². The highest BCUT2D eigenvalue weighted by atomic mass is 19.1. The molecule has 0 aliphatic carbocycles. The van der Waals surface area contributed by atoms with Crippen LogP contribution in [0.4, 0.5) is 4.39 Å². The molecule has 0 saturated carbocycles. The zero-order chi connectivity index (χ0) is 13.5. The Bertz CT molecular complexity index is 776. The van der Waals surface area contributed by atoms with Crippen molar-refractivity contribution in [3.63, 3.8) is 0 Å². The second-order valence-corrected chi connectivity index (χ2v) is 5.22. The number of H-pyrrole nitrogens is 1. The smallest absolute Gasteiger partial charge is 0.128 e. The molecule has 0 bridgehead atoms. The summed E-state index contributed by atoms with van der Waals surface area (Å²) in [6.45, 7) is 0.869. The van der Waals surface area contributed by atoms with Crippen LogP contribution >= 0.6 is 0 Å². The molecule has 0 spiro atoms. The molecular formula is C17H15FN2. The highest BCUT2D eigenvalue weighted by Gasteiger charge is 2.26. The van der Waals surface area contributed by atoms with Crippen molar-refractivity contribution < 1.29 is 4.39 Å². The van der Waals surface area contributed by atoms with Gasteiger partial charge in [0.15, 0.2) is 0 Å². The molecule has 4 rings (SSSR count). The zero-order valence-electron chi connectivity index (χ0n) is 11.0. The molecule has 1 atom stereocenters. The third-order valence-corrected chi connectivity index (χ3v) is 4.08. The molecule has 1 aliphatic rings. The number of rotatable bonds is 1. The molecular weight excluding hydrogens is 251 g/mol. The maximum absolute atomic E-state index is 14.1. The Balaban J connectivity index is 1.92. The maximum Gasteiger partial charge on any atom is 0.128 e. The largest absolute Gasteiger partial charge is 0.357 e. The van der Waals surface area contributed by atoms with Crippen LogP contribution in [0.5, 0.6) is 0 Å². The molecule has 3 heteroatoms. The van der Waals surface area contributed by atoms with Gasteiger partial charge in [-0.2, -0.15) is 0 Å². The van der Waals surface area contributed by atoms with Gasteiger partial charge in [0.2, 0.25) is 0 Å². The first-order valence-corrected chi connectivity index (χ1v) is 6.92. The first-order chi connectivity index (χ1) is 9.84. The molecule has 2 heterocycles. The molecule has 0 unspecified atom stereocenters. The van der Waals surface area contributed by atoms with Crippen LogP contribution in [0.1, 0.15) is 22.9 Å².